The Morgan fingerprint density at radius 1 is 0.897 bits per heavy atom. The molecule has 0 aliphatic heterocycles. The lowest BCUT2D eigenvalue weighted by Gasteiger charge is -2.21. The standard InChI is InChI=1S/C29H25F5N2O3/c1-17(19-9-5-4-6-10-19)15-36-27(37)25(20-11-7-14-24(39-3)26(20)31)18(2)35(28(36)38)16-21-22(29(32,33)34)12-8-13-23(21)30/h4-14,17H,15-16H2,1-3H3/t17-/m0/s1. The van der Waals surface area contributed by atoms with Gasteiger partial charge in [-0.25, -0.2) is 13.6 Å². The Hall–Kier alpha value is -4.21. The van der Waals surface area contributed by atoms with Gasteiger partial charge >= 0.3 is 11.9 Å². The third kappa shape index (κ3) is 5.36. The molecular weight excluding hydrogens is 519 g/mol. The first-order valence-corrected chi connectivity index (χ1v) is 12.0. The van der Waals surface area contributed by atoms with E-state index in [4.69, 9.17) is 4.74 Å². The van der Waals surface area contributed by atoms with Crippen LogP contribution in [0.1, 0.15) is 35.2 Å². The number of alkyl halides is 3. The van der Waals surface area contributed by atoms with Crippen molar-refractivity contribution >= 4 is 0 Å². The highest BCUT2D eigenvalue weighted by Crippen LogP contribution is 2.34. The van der Waals surface area contributed by atoms with Crippen LogP contribution in [0.3, 0.4) is 0 Å². The van der Waals surface area contributed by atoms with Crippen molar-refractivity contribution in [2.45, 2.75) is 39.0 Å². The van der Waals surface area contributed by atoms with Crippen molar-refractivity contribution < 1.29 is 26.7 Å². The van der Waals surface area contributed by atoms with E-state index in [-0.39, 0.29) is 35.0 Å². The number of hydrogen-bond acceptors (Lipinski definition) is 3. The molecule has 0 unspecified atom stereocenters. The van der Waals surface area contributed by atoms with Crippen molar-refractivity contribution in [3.05, 3.63) is 122 Å². The molecule has 0 aliphatic rings. The molecule has 0 fully saturated rings. The monoisotopic (exact) mass is 544 g/mol. The molecule has 0 spiro atoms. The van der Waals surface area contributed by atoms with Gasteiger partial charge in [-0.1, -0.05) is 55.5 Å². The first kappa shape index (κ1) is 27.8. The van der Waals surface area contributed by atoms with Crippen LogP contribution >= 0.6 is 0 Å². The molecule has 0 N–H and O–H groups in total. The van der Waals surface area contributed by atoms with E-state index in [1.54, 1.807) is 37.3 Å². The second kappa shape index (κ2) is 10.9. The molecule has 1 heterocycles. The summed E-state index contributed by atoms with van der Waals surface area (Å²) in [6.07, 6.45) is -4.90. The SMILES string of the molecule is COc1cccc(-c2c(C)n(Cc3c(F)cccc3C(F)(F)F)c(=O)n(C[C@H](C)c3ccccc3)c2=O)c1F. The fraction of sp³-hybridized carbons (Fsp3) is 0.241. The van der Waals surface area contributed by atoms with Crippen LogP contribution in [0.4, 0.5) is 22.0 Å². The molecule has 0 radical (unpaired) electrons. The Morgan fingerprint density at radius 2 is 1.56 bits per heavy atom. The highest BCUT2D eigenvalue weighted by atomic mass is 19.4. The number of nitrogens with zero attached hydrogens (tertiary/aromatic N) is 2. The lowest BCUT2D eigenvalue weighted by atomic mass is 10.0. The maximum absolute atomic E-state index is 15.4. The molecule has 10 heteroatoms. The van der Waals surface area contributed by atoms with Crippen molar-refractivity contribution in [2.75, 3.05) is 7.11 Å². The topological polar surface area (TPSA) is 53.2 Å². The molecule has 0 aliphatic carbocycles. The number of methoxy groups -OCH3 is 1. The Balaban J connectivity index is 2.00. The summed E-state index contributed by atoms with van der Waals surface area (Å²) in [5.41, 5.74) is -3.54. The van der Waals surface area contributed by atoms with Crippen LogP contribution < -0.4 is 16.0 Å². The van der Waals surface area contributed by atoms with Gasteiger partial charge in [0, 0.05) is 23.4 Å². The van der Waals surface area contributed by atoms with Gasteiger partial charge < -0.3 is 4.74 Å². The molecule has 1 aromatic heterocycles. The molecule has 4 rings (SSSR count). The Labute approximate surface area is 220 Å². The summed E-state index contributed by atoms with van der Waals surface area (Å²) in [6, 6.07) is 15.6. The van der Waals surface area contributed by atoms with E-state index < -0.39 is 46.7 Å². The van der Waals surface area contributed by atoms with Crippen molar-refractivity contribution in [3.63, 3.8) is 0 Å². The van der Waals surface area contributed by atoms with Crippen LogP contribution in [-0.2, 0) is 19.3 Å². The fourth-order valence-electron chi connectivity index (χ4n) is 4.62. The van der Waals surface area contributed by atoms with Gasteiger partial charge in [0.1, 0.15) is 5.82 Å². The summed E-state index contributed by atoms with van der Waals surface area (Å²) in [7, 11) is 1.24. The molecule has 0 saturated heterocycles. The van der Waals surface area contributed by atoms with Gasteiger partial charge in [-0.2, -0.15) is 13.2 Å². The molecule has 5 nitrogen and oxygen atoms in total. The second-order valence-corrected chi connectivity index (χ2v) is 9.14. The van der Waals surface area contributed by atoms with Crippen LogP contribution in [0.25, 0.3) is 11.1 Å². The van der Waals surface area contributed by atoms with Crippen molar-refractivity contribution in [3.8, 4) is 16.9 Å². The zero-order valence-corrected chi connectivity index (χ0v) is 21.4. The molecule has 0 bridgehead atoms. The van der Waals surface area contributed by atoms with Crippen LogP contribution in [0, 0.1) is 18.6 Å². The summed E-state index contributed by atoms with van der Waals surface area (Å²) in [5, 5.41) is 0. The Bertz CT molecular complexity index is 1630. The molecule has 4 aromatic rings. The maximum atomic E-state index is 15.4. The fourth-order valence-corrected chi connectivity index (χ4v) is 4.62. The lowest BCUT2D eigenvalue weighted by molar-refractivity contribution is -0.138. The third-order valence-electron chi connectivity index (χ3n) is 6.71. The van der Waals surface area contributed by atoms with Crippen molar-refractivity contribution in [1.82, 2.24) is 9.13 Å². The summed E-state index contributed by atoms with van der Waals surface area (Å²) >= 11 is 0. The minimum absolute atomic E-state index is 0.114. The predicted molar refractivity (Wildman–Crippen MR) is 137 cm³/mol. The molecule has 0 amide bonds. The third-order valence-corrected chi connectivity index (χ3v) is 6.71. The minimum atomic E-state index is -4.90. The summed E-state index contributed by atoms with van der Waals surface area (Å²) < 4.78 is 78.1. The first-order valence-electron chi connectivity index (χ1n) is 12.0. The number of aromatic nitrogens is 2. The zero-order chi connectivity index (χ0) is 28.5. The van der Waals surface area contributed by atoms with Gasteiger partial charge in [0.15, 0.2) is 11.6 Å². The number of benzene rings is 3. The van der Waals surface area contributed by atoms with Gasteiger partial charge in [0.2, 0.25) is 0 Å². The first-order chi connectivity index (χ1) is 18.5. The van der Waals surface area contributed by atoms with E-state index in [0.29, 0.717) is 0 Å². The van der Waals surface area contributed by atoms with Crippen LogP contribution in [0.2, 0.25) is 0 Å². The summed E-state index contributed by atoms with van der Waals surface area (Å²) in [6.45, 7) is 2.11. The Morgan fingerprint density at radius 3 is 2.21 bits per heavy atom. The molecule has 1 atom stereocenters. The van der Waals surface area contributed by atoms with Gasteiger partial charge in [-0.15, -0.1) is 0 Å². The zero-order valence-electron chi connectivity index (χ0n) is 21.4. The molecule has 0 saturated carbocycles. The van der Waals surface area contributed by atoms with E-state index >= 15 is 4.39 Å². The lowest BCUT2D eigenvalue weighted by Crippen LogP contribution is -2.43. The smallest absolute Gasteiger partial charge is 0.416 e. The van der Waals surface area contributed by atoms with E-state index in [2.05, 4.69) is 0 Å². The number of hydrogen-bond donors (Lipinski definition) is 0. The molecule has 39 heavy (non-hydrogen) atoms. The number of rotatable bonds is 7. The predicted octanol–water partition coefficient (Wildman–Crippen LogP) is 6.14. The highest BCUT2D eigenvalue weighted by Gasteiger charge is 2.35. The minimum Gasteiger partial charge on any atom is -0.494 e. The largest absolute Gasteiger partial charge is 0.494 e. The highest BCUT2D eigenvalue weighted by molar-refractivity contribution is 5.67. The molecular formula is C29H25F5N2O3. The van der Waals surface area contributed by atoms with E-state index in [1.807, 2.05) is 0 Å². The van der Waals surface area contributed by atoms with Gasteiger partial charge in [-0.3, -0.25) is 13.9 Å². The Kier molecular flexibility index (Phi) is 7.76. The second-order valence-electron chi connectivity index (χ2n) is 9.14. The average Bonchev–Trinajstić information content (AvgIpc) is 2.90. The summed E-state index contributed by atoms with van der Waals surface area (Å²) in [4.78, 5) is 27.4. The van der Waals surface area contributed by atoms with Gasteiger partial charge in [-0.05, 0) is 36.6 Å². The van der Waals surface area contributed by atoms with Crippen LogP contribution in [0.5, 0.6) is 5.75 Å². The van der Waals surface area contributed by atoms with E-state index in [9.17, 15) is 27.2 Å². The van der Waals surface area contributed by atoms with E-state index in [0.717, 1.165) is 32.9 Å². The average molecular weight is 545 g/mol. The normalized spacial score (nSPS) is 12.4. The van der Waals surface area contributed by atoms with Crippen molar-refractivity contribution in [1.29, 1.82) is 0 Å². The maximum Gasteiger partial charge on any atom is 0.416 e. The van der Waals surface area contributed by atoms with Gasteiger partial charge in [0.05, 0.1) is 24.8 Å². The molecule has 3 aromatic carbocycles. The quantitative estimate of drug-likeness (QED) is 0.263. The number of ether oxygens (including phenoxy) is 1. The summed E-state index contributed by atoms with van der Waals surface area (Å²) in [5.74, 6) is -2.58. The van der Waals surface area contributed by atoms with Crippen LogP contribution in [0.15, 0.2) is 76.3 Å². The van der Waals surface area contributed by atoms with Gasteiger partial charge in [0.25, 0.3) is 5.56 Å². The molecule has 204 valence electrons. The van der Waals surface area contributed by atoms with Crippen molar-refractivity contribution in [2.24, 2.45) is 0 Å². The van der Waals surface area contributed by atoms with Crippen LogP contribution in [-0.4, -0.2) is 16.2 Å². The number of halogens is 5. The van der Waals surface area contributed by atoms with E-state index in [1.165, 1.54) is 32.2 Å².